The molecule has 1 aliphatic heterocycles. The molecule has 0 aliphatic carbocycles. The smallest absolute Gasteiger partial charge is 0.338 e. The lowest BCUT2D eigenvalue weighted by molar-refractivity contribution is 0.0109. The highest BCUT2D eigenvalue weighted by Gasteiger charge is 2.22. The molecule has 0 N–H and O–H groups in total. The molecule has 0 radical (unpaired) electrons. The number of ether oxygens (including phenoxy) is 3. The fourth-order valence-corrected chi connectivity index (χ4v) is 2.56. The van der Waals surface area contributed by atoms with Gasteiger partial charge >= 0.3 is 5.97 Å². The number of rotatable bonds is 3. The predicted octanol–water partition coefficient (Wildman–Crippen LogP) is 3.29. The molecule has 0 amide bonds. The zero-order valence-corrected chi connectivity index (χ0v) is 13.3. The Hall–Kier alpha value is -1.76. The zero-order chi connectivity index (χ0) is 14.7. The van der Waals surface area contributed by atoms with Crippen LogP contribution in [0.1, 0.15) is 10.4 Å². The average Bonchev–Trinajstić information content (AvgIpc) is 2.52. The number of benzene rings is 2. The van der Waals surface area contributed by atoms with Gasteiger partial charge in [0.2, 0.25) is 0 Å². The van der Waals surface area contributed by atoms with E-state index >= 15 is 0 Å². The monoisotopic (exact) mass is 396 g/mol. The molecular weight excluding hydrogens is 383 g/mol. The van der Waals surface area contributed by atoms with Crippen molar-refractivity contribution in [3.63, 3.8) is 0 Å². The fourth-order valence-electron chi connectivity index (χ4n) is 2.01. The van der Waals surface area contributed by atoms with Crippen LogP contribution < -0.4 is 9.47 Å². The number of esters is 1. The summed E-state index contributed by atoms with van der Waals surface area (Å²) in [4.78, 5) is 12.0. The molecule has 0 aromatic heterocycles. The molecule has 2 aromatic carbocycles. The van der Waals surface area contributed by atoms with Gasteiger partial charge in [-0.15, -0.1) is 0 Å². The van der Waals surface area contributed by atoms with Crippen molar-refractivity contribution >= 4 is 28.6 Å². The second-order valence-electron chi connectivity index (χ2n) is 4.61. The van der Waals surface area contributed by atoms with E-state index in [-0.39, 0.29) is 18.7 Å². The van der Waals surface area contributed by atoms with Gasteiger partial charge in [0, 0.05) is 3.57 Å². The Balaban J connectivity index is 1.58. The van der Waals surface area contributed by atoms with Crippen molar-refractivity contribution in [1.82, 2.24) is 0 Å². The van der Waals surface area contributed by atoms with Gasteiger partial charge in [0.15, 0.2) is 17.6 Å². The molecular formula is C16H13IO4. The molecule has 0 fully saturated rings. The summed E-state index contributed by atoms with van der Waals surface area (Å²) in [5.41, 5.74) is 0.541. The van der Waals surface area contributed by atoms with Gasteiger partial charge in [0.1, 0.15) is 13.2 Å². The van der Waals surface area contributed by atoms with E-state index in [0.717, 1.165) is 9.32 Å². The van der Waals surface area contributed by atoms with Crippen LogP contribution >= 0.6 is 22.6 Å². The zero-order valence-electron chi connectivity index (χ0n) is 11.1. The normalized spacial score (nSPS) is 16.3. The summed E-state index contributed by atoms with van der Waals surface area (Å²) < 4.78 is 17.6. The minimum atomic E-state index is -0.351. The van der Waals surface area contributed by atoms with Crippen LogP contribution in [0.5, 0.6) is 11.5 Å². The third kappa shape index (κ3) is 3.47. The van der Waals surface area contributed by atoms with Crippen LogP contribution in [-0.4, -0.2) is 25.3 Å². The Morgan fingerprint density at radius 3 is 2.81 bits per heavy atom. The van der Waals surface area contributed by atoms with Crippen LogP contribution in [0.2, 0.25) is 0 Å². The summed E-state index contributed by atoms with van der Waals surface area (Å²) in [5.74, 6) is 1.05. The Bertz CT molecular complexity index is 656. The molecule has 2 aromatic rings. The first-order valence-electron chi connectivity index (χ1n) is 6.53. The van der Waals surface area contributed by atoms with Crippen LogP contribution in [0, 0.1) is 3.57 Å². The summed E-state index contributed by atoms with van der Waals surface area (Å²) >= 11 is 2.16. The first-order chi connectivity index (χ1) is 10.2. The van der Waals surface area contributed by atoms with Crippen molar-refractivity contribution in [2.75, 3.05) is 13.2 Å². The Morgan fingerprint density at radius 1 is 1.19 bits per heavy atom. The minimum Gasteiger partial charge on any atom is -0.486 e. The molecule has 5 heteroatoms. The third-order valence-corrected chi connectivity index (χ3v) is 3.70. The molecule has 3 rings (SSSR count). The van der Waals surface area contributed by atoms with Crippen molar-refractivity contribution in [3.8, 4) is 11.5 Å². The Labute approximate surface area is 136 Å². The van der Waals surface area contributed by atoms with E-state index in [1.165, 1.54) is 0 Å². The van der Waals surface area contributed by atoms with Gasteiger partial charge in [0.25, 0.3) is 0 Å². The first-order valence-corrected chi connectivity index (χ1v) is 7.61. The van der Waals surface area contributed by atoms with Crippen LogP contribution in [0.25, 0.3) is 0 Å². The van der Waals surface area contributed by atoms with E-state index in [1.807, 2.05) is 36.4 Å². The van der Waals surface area contributed by atoms with E-state index in [2.05, 4.69) is 22.6 Å². The van der Waals surface area contributed by atoms with Crippen molar-refractivity contribution < 1.29 is 19.0 Å². The molecule has 1 atom stereocenters. The lowest BCUT2D eigenvalue weighted by Gasteiger charge is -2.26. The highest BCUT2D eigenvalue weighted by Crippen LogP contribution is 2.30. The van der Waals surface area contributed by atoms with Crippen molar-refractivity contribution in [1.29, 1.82) is 0 Å². The molecule has 1 aliphatic rings. The van der Waals surface area contributed by atoms with Gasteiger partial charge in [0.05, 0.1) is 5.56 Å². The maximum absolute atomic E-state index is 12.0. The van der Waals surface area contributed by atoms with Crippen LogP contribution in [0.15, 0.2) is 48.5 Å². The number of fused-ring (bicyclic) bond motifs is 1. The van der Waals surface area contributed by atoms with Gasteiger partial charge in [-0.3, -0.25) is 0 Å². The first kappa shape index (κ1) is 14.2. The number of halogens is 1. The third-order valence-electron chi connectivity index (χ3n) is 3.03. The average molecular weight is 396 g/mol. The predicted molar refractivity (Wildman–Crippen MR) is 85.8 cm³/mol. The number of hydrogen-bond acceptors (Lipinski definition) is 4. The SMILES string of the molecule is O=C(OCC1COc2ccccc2O1)c1cccc(I)c1. The molecule has 0 bridgehead atoms. The second-order valence-corrected chi connectivity index (χ2v) is 5.85. The highest BCUT2D eigenvalue weighted by molar-refractivity contribution is 14.1. The number of carbonyl (C=O) groups excluding carboxylic acids is 1. The van der Waals surface area contributed by atoms with Crippen molar-refractivity contribution in [2.45, 2.75) is 6.10 Å². The lowest BCUT2D eigenvalue weighted by Crippen LogP contribution is -2.34. The van der Waals surface area contributed by atoms with E-state index in [1.54, 1.807) is 12.1 Å². The maximum Gasteiger partial charge on any atom is 0.338 e. The van der Waals surface area contributed by atoms with Gasteiger partial charge in [-0.25, -0.2) is 4.79 Å². The lowest BCUT2D eigenvalue weighted by atomic mass is 10.2. The summed E-state index contributed by atoms with van der Waals surface area (Å²) in [6.45, 7) is 0.537. The largest absolute Gasteiger partial charge is 0.486 e. The van der Waals surface area contributed by atoms with Crippen LogP contribution in [-0.2, 0) is 4.74 Å². The highest BCUT2D eigenvalue weighted by atomic mass is 127. The van der Waals surface area contributed by atoms with Crippen molar-refractivity contribution in [2.24, 2.45) is 0 Å². The standard InChI is InChI=1S/C16H13IO4/c17-12-5-3-4-11(8-12)16(18)20-10-13-9-19-14-6-1-2-7-15(14)21-13/h1-8,13H,9-10H2. The fraction of sp³-hybridized carbons (Fsp3) is 0.188. The molecule has 0 saturated heterocycles. The molecule has 1 heterocycles. The number of hydrogen-bond donors (Lipinski definition) is 0. The van der Waals surface area contributed by atoms with Crippen LogP contribution in [0.3, 0.4) is 0 Å². The molecule has 0 spiro atoms. The minimum absolute atomic E-state index is 0.165. The summed E-state index contributed by atoms with van der Waals surface area (Å²) in [6.07, 6.45) is -0.286. The van der Waals surface area contributed by atoms with E-state index in [9.17, 15) is 4.79 Å². The van der Waals surface area contributed by atoms with Gasteiger partial charge in [-0.05, 0) is 52.9 Å². The molecule has 108 valence electrons. The van der Waals surface area contributed by atoms with Crippen LogP contribution in [0.4, 0.5) is 0 Å². The summed E-state index contributed by atoms with van der Waals surface area (Å²) in [7, 11) is 0. The van der Waals surface area contributed by atoms with Crippen molar-refractivity contribution in [3.05, 3.63) is 57.7 Å². The summed E-state index contributed by atoms with van der Waals surface area (Å²) in [5, 5.41) is 0. The quantitative estimate of drug-likeness (QED) is 0.590. The maximum atomic E-state index is 12.0. The van der Waals surface area contributed by atoms with E-state index in [4.69, 9.17) is 14.2 Å². The van der Waals surface area contributed by atoms with Gasteiger partial charge in [-0.2, -0.15) is 0 Å². The number of para-hydroxylation sites is 2. The molecule has 0 saturated carbocycles. The molecule has 1 unspecified atom stereocenters. The topological polar surface area (TPSA) is 44.8 Å². The number of carbonyl (C=O) groups is 1. The Morgan fingerprint density at radius 2 is 2.00 bits per heavy atom. The summed E-state index contributed by atoms with van der Waals surface area (Å²) in [6, 6.07) is 14.7. The van der Waals surface area contributed by atoms with Gasteiger partial charge < -0.3 is 14.2 Å². The second kappa shape index (κ2) is 6.34. The molecule has 21 heavy (non-hydrogen) atoms. The molecule has 4 nitrogen and oxygen atoms in total. The van der Waals surface area contributed by atoms with E-state index in [0.29, 0.717) is 17.9 Å². The van der Waals surface area contributed by atoms with Gasteiger partial charge in [-0.1, -0.05) is 18.2 Å². The Kier molecular flexibility index (Phi) is 4.28. The van der Waals surface area contributed by atoms with E-state index < -0.39 is 0 Å².